The Bertz CT molecular complexity index is 842. The fourth-order valence-corrected chi connectivity index (χ4v) is 3.44. The van der Waals surface area contributed by atoms with Crippen LogP contribution in [0, 0.1) is 0 Å². The van der Waals surface area contributed by atoms with Crippen molar-refractivity contribution in [2.24, 2.45) is 0 Å². The largest absolute Gasteiger partial charge is 0.336 e. The van der Waals surface area contributed by atoms with Gasteiger partial charge in [0.1, 0.15) is 5.69 Å². The molecule has 0 aliphatic carbocycles. The summed E-state index contributed by atoms with van der Waals surface area (Å²) >= 11 is 0. The Morgan fingerprint density at radius 3 is 2.50 bits per heavy atom. The molecule has 1 aromatic carbocycles. The molecule has 1 aromatic heterocycles. The zero-order valence-corrected chi connectivity index (χ0v) is 16.8. The minimum atomic E-state index is -0.307. The number of piperazine rings is 1. The van der Waals surface area contributed by atoms with E-state index in [0.717, 1.165) is 30.9 Å². The van der Waals surface area contributed by atoms with Crippen molar-refractivity contribution in [3.05, 3.63) is 59.4 Å². The van der Waals surface area contributed by atoms with Gasteiger partial charge in [0.25, 0.3) is 11.8 Å². The van der Waals surface area contributed by atoms with Gasteiger partial charge in [0.05, 0.1) is 0 Å². The van der Waals surface area contributed by atoms with Crippen LogP contribution in [0.5, 0.6) is 0 Å². The summed E-state index contributed by atoms with van der Waals surface area (Å²) in [6, 6.07) is 11.0. The van der Waals surface area contributed by atoms with Crippen LogP contribution in [0.25, 0.3) is 0 Å². The molecule has 2 amide bonds. The molecule has 0 saturated carbocycles. The number of nitrogens with one attached hydrogen (secondary N) is 1. The van der Waals surface area contributed by atoms with Gasteiger partial charge in [0.2, 0.25) is 0 Å². The van der Waals surface area contributed by atoms with Crippen LogP contribution in [-0.4, -0.2) is 59.3 Å². The number of para-hydroxylation sites is 1. The molecule has 1 saturated heterocycles. The summed E-state index contributed by atoms with van der Waals surface area (Å²) in [5.74, 6) is -0.0625. The Labute approximate surface area is 166 Å². The number of carbonyl (C=O) groups excluding carboxylic acids is 2. The van der Waals surface area contributed by atoms with E-state index in [-0.39, 0.29) is 17.5 Å². The smallest absolute Gasteiger partial charge is 0.274 e. The fraction of sp³-hybridized carbons (Fsp3) is 0.409. The van der Waals surface area contributed by atoms with E-state index in [1.54, 1.807) is 12.1 Å². The van der Waals surface area contributed by atoms with Gasteiger partial charge < -0.3 is 15.1 Å². The Morgan fingerprint density at radius 2 is 1.82 bits per heavy atom. The molecule has 6 heteroatoms. The van der Waals surface area contributed by atoms with Crippen molar-refractivity contribution >= 4 is 17.5 Å². The monoisotopic (exact) mass is 380 g/mol. The van der Waals surface area contributed by atoms with Crippen LogP contribution < -0.4 is 5.32 Å². The third-order valence-corrected chi connectivity index (χ3v) is 5.18. The summed E-state index contributed by atoms with van der Waals surface area (Å²) in [5, 5.41) is 2.93. The van der Waals surface area contributed by atoms with E-state index in [4.69, 9.17) is 0 Å². The Hall–Kier alpha value is -2.73. The van der Waals surface area contributed by atoms with Crippen molar-refractivity contribution in [3.8, 4) is 0 Å². The molecular weight excluding hydrogens is 352 g/mol. The molecule has 148 valence electrons. The van der Waals surface area contributed by atoms with E-state index in [2.05, 4.69) is 36.0 Å². The minimum Gasteiger partial charge on any atom is -0.336 e. The SMILES string of the molecule is CCN1CCN(C(=O)c2ccnc(C(=O)Nc3ccccc3C(C)C)c2)CC1. The highest BCUT2D eigenvalue weighted by Crippen LogP contribution is 2.24. The van der Waals surface area contributed by atoms with Crippen molar-refractivity contribution in [2.45, 2.75) is 26.7 Å². The number of hydrogen-bond acceptors (Lipinski definition) is 4. The molecule has 28 heavy (non-hydrogen) atoms. The number of carbonyl (C=O) groups is 2. The molecule has 0 atom stereocenters. The Morgan fingerprint density at radius 1 is 1.11 bits per heavy atom. The number of nitrogens with zero attached hydrogens (tertiary/aromatic N) is 3. The van der Waals surface area contributed by atoms with E-state index in [1.165, 1.54) is 6.20 Å². The van der Waals surface area contributed by atoms with Crippen LogP contribution >= 0.6 is 0 Å². The fourth-order valence-electron chi connectivity index (χ4n) is 3.44. The van der Waals surface area contributed by atoms with Gasteiger partial charge >= 0.3 is 0 Å². The number of anilines is 1. The van der Waals surface area contributed by atoms with Gasteiger partial charge in [0, 0.05) is 43.6 Å². The first-order valence-corrected chi connectivity index (χ1v) is 9.87. The molecule has 3 rings (SSSR count). The van der Waals surface area contributed by atoms with E-state index in [1.807, 2.05) is 29.2 Å². The first-order chi connectivity index (χ1) is 13.5. The summed E-state index contributed by atoms with van der Waals surface area (Å²) in [7, 11) is 0. The van der Waals surface area contributed by atoms with Crippen molar-refractivity contribution in [3.63, 3.8) is 0 Å². The van der Waals surface area contributed by atoms with Crippen LogP contribution in [0.15, 0.2) is 42.6 Å². The Balaban J connectivity index is 1.73. The number of benzene rings is 1. The molecule has 0 unspecified atom stereocenters. The van der Waals surface area contributed by atoms with Crippen LogP contribution in [0.1, 0.15) is 53.1 Å². The first-order valence-electron chi connectivity index (χ1n) is 9.87. The van der Waals surface area contributed by atoms with Gasteiger partial charge in [-0.1, -0.05) is 39.0 Å². The predicted octanol–water partition coefficient (Wildman–Crippen LogP) is 3.24. The maximum Gasteiger partial charge on any atom is 0.274 e. The molecule has 2 aromatic rings. The van der Waals surface area contributed by atoms with Crippen molar-refractivity contribution in [2.75, 3.05) is 38.0 Å². The highest BCUT2D eigenvalue weighted by molar-refractivity contribution is 6.05. The molecule has 1 aliphatic heterocycles. The average Bonchev–Trinajstić information content (AvgIpc) is 2.73. The summed E-state index contributed by atoms with van der Waals surface area (Å²) in [6.07, 6.45) is 1.53. The number of pyridine rings is 1. The lowest BCUT2D eigenvalue weighted by molar-refractivity contribution is 0.0643. The number of amides is 2. The maximum absolute atomic E-state index is 12.8. The van der Waals surface area contributed by atoms with Gasteiger partial charge in [-0.3, -0.25) is 14.6 Å². The van der Waals surface area contributed by atoms with Gasteiger partial charge in [-0.25, -0.2) is 0 Å². The zero-order valence-electron chi connectivity index (χ0n) is 16.8. The lowest BCUT2D eigenvalue weighted by Gasteiger charge is -2.34. The molecule has 2 heterocycles. The molecule has 6 nitrogen and oxygen atoms in total. The molecular formula is C22H28N4O2. The normalized spacial score (nSPS) is 14.9. The number of rotatable bonds is 5. The molecule has 1 N–H and O–H groups in total. The van der Waals surface area contributed by atoms with E-state index < -0.39 is 0 Å². The quantitative estimate of drug-likeness (QED) is 0.865. The second kappa shape index (κ2) is 8.97. The van der Waals surface area contributed by atoms with Gasteiger partial charge in [-0.2, -0.15) is 0 Å². The minimum absolute atomic E-state index is 0.0465. The van der Waals surface area contributed by atoms with Crippen LogP contribution in [0.4, 0.5) is 5.69 Å². The lowest BCUT2D eigenvalue weighted by atomic mass is 10.0. The van der Waals surface area contributed by atoms with Crippen molar-refractivity contribution in [1.29, 1.82) is 0 Å². The highest BCUT2D eigenvalue weighted by Gasteiger charge is 2.22. The first kappa shape index (κ1) is 20.0. The molecule has 0 bridgehead atoms. The standard InChI is InChI=1S/C22H28N4O2/c1-4-25-11-13-26(14-12-25)22(28)17-9-10-23-20(15-17)21(27)24-19-8-6-5-7-18(19)16(2)3/h5-10,15-16H,4,11-14H2,1-3H3,(H,24,27). The third kappa shape index (κ3) is 4.57. The number of likely N-dealkylation sites (N-methyl/N-ethyl adjacent to an activating group) is 1. The van der Waals surface area contributed by atoms with E-state index >= 15 is 0 Å². The van der Waals surface area contributed by atoms with E-state index in [9.17, 15) is 9.59 Å². The predicted molar refractivity (Wildman–Crippen MR) is 111 cm³/mol. The van der Waals surface area contributed by atoms with Crippen LogP contribution in [0.3, 0.4) is 0 Å². The zero-order chi connectivity index (χ0) is 20.1. The maximum atomic E-state index is 12.8. The second-order valence-electron chi connectivity index (χ2n) is 7.35. The molecule has 0 spiro atoms. The number of hydrogen-bond donors (Lipinski definition) is 1. The van der Waals surface area contributed by atoms with Gasteiger partial charge in [-0.15, -0.1) is 0 Å². The summed E-state index contributed by atoms with van der Waals surface area (Å²) < 4.78 is 0. The highest BCUT2D eigenvalue weighted by atomic mass is 16.2. The molecule has 0 radical (unpaired) electrons. The second-order valence-corrected chi connectivity index (χ2v) is 7.35. The topological polar surface area (TPSA) is 65.5 Å². The van der Waals surface area contributed by atoms with E-state index in [0.29, 0.717) is 24.6 Å². The number of aromatic nitrogens is 1. The van der Waals surface area contributed by atoms with Crippen LogP contribution in [0.2, 0.25) is 0 Å². The molecule has 1 aliphatic rings. The summed E-state index contributed by atoms with van der Waals surface area (Å²) in [6.45, 7) is 10.5. The summed E-state index contributed by atoms with van der Waals surface area (Å²) in [5.41, 5.74) is 2.59. The van der Waals surface area contributed by atoms with Gasteiger partial charge in [0.15, 0.2) is 0 Å². The third-order valence-electron chi connectivity index (χ3n) is 5.18. The summed E-state index contributed by atoms with van der Waals surface area (Å²) in [4.78, 5) is 33.9. The van der Waals surface area contributed by atoms with Crippen molar-refractivity contribution in [1.82, 2.24) is 14.8 Å². The Kier molecular flexibility index (Phi) is 6.41. The van der Waals surface area contributed by atoms with Gasteiger partial charge in [-0.05, 0) is 36.2 Å². The molecule has 1 fully saturated rings. The van der Waals surface area contributed by atoms with Crippen molar-refractivity contribution < 1.29 is 9.59 Å². The average molecular weight is 380 g/mol. The lowest BCUT2D eigenvalue weighted by Crippen LogP contribution is -2.48. The van der Waals surface area contributed by atoms with Crippen LogP contribution in [-0.2, 0) is 0 Å².